The largest absolute Gasteiger partial charge is 0.452 e. The number of esters is 1. The SMILES string of the molecule is Cc1cc([N+](=O)[O-])ccc1NC(=O)COC(=O)c1ccc(-n2nccc2C)cc1. The molecular formula is C20H18N4O5. The number of aromatic nitrogens is 2. The summed E-state index contributed by atoms with van der Waals surface area (Å²) in [5, 5.41) is 17.5. The van der Waals surface area contributed by atoms with Gasteiger partial charge in [-0.3, -0.25) is 14.9 Å². The number of carbonyl (C=O) groups is 2. The van der Waals surface area contributed by atoms with Crippen molar-refractivity contribution < 1.29 is 19.2 Å². The van der Waals surface area contributed by atoms with Gasteiger partial charge >= 0.3 is 5.97 Å². The number of aryl methyl sites for hydroxylation is 2. The number of nitrogens with zero attached hydrogens (tertiary/aromatic N) is 3. The first-order valence-corrected chi connectivity index (χ1v) is 8.68. The van der Waals surface area contributed by atoms with E-state index in [9.17, 15) is 19.7 Å². The maximum Gasteiger partial charge on any atom is 0.338 e. The van der Waals surface area contributed by atoms with Crippen LogP contribution in [0.2, 0.25) is 0 Å². The van der Waals surface area contributed by atoms with E-state index in [1.165, 1.54) is 18.2 Å². The Labute approximate surface area is 166 Å². The van der Waals surface area contributed by atoms with Crippen LogP contribution in [0.25, 0.3) is 5.69 Å². The minimum absolute atomic E-state index is 0.0688. The average Bonchev–Trinajstić information content (AvgIpc) is 3.13. The zero-order chi connectivity index (χ0) is 21.0. The van der Waals surface area contributed by atoms with Crippen molar-refractivity contribution >= 4 is 23.3 Å². The summed E-state index contributed by atoms with van der Waals surface area (Å²) in [6.07, 6.45) is 1.68. The zero-order valence-corrected chi connectivity index (χ0v) is 15.8. The van der Waals surface area contributed by atoms with Gasteiger partial charge in [0, 0.05) is 29.7 Å². The van der Waals surface area contributed by atoms with Crippen molar-refractivity contribution in [3.8, 4) is 5.69 Å². The Morgan fingerprint density at radius 2 is 1.86 bits per heavy atom. The van der Waals surface area contributed by atoms with Crippen molar-refractivity contribution in [2.24, 2.45) is 0 Å². The number of carbonyl (C=O) groups excluding carboxylic acids is 2. The molecule has 0 saturated heterocycles. The lowest BCUT2D eigenvalue weighted by Gasteiger charge is -2.09. The molecule has 0 aliphatic carbocycles. The van der Waals surface area contributed by atoms with E-state index in [1.54, 1.807) is 42.1 Å². The third kappa shape index (κ3) is 4.64. The summed E-state index contributed by atoms with van der Waals surface area (Å²) < 4.78 is 6.77. The first-order valence-electron chi connectivity index (χ1n) is 8.68. The van der Waals surface area contributed by atoms with Gasteiger partial charge in [-0.05, 0) is 55.8 Å². The molecule has 3 rings (SSSR count). The zero-order valence-electron chi connectivity index (χ0n) is 15.8. The second-order valence-corrected chi connectivity index (χ2v) is 6.31. The highest BCUT2D eigenvalue weighted by atomic mass is 16.6. The van der Waals surface area contributed by atoms with Gasteiger partial charge in [-0.15, -0.1) is 0 Å². The number of nitro groups is 1. The molecule has 0 bridgehead atoms. The molecule has 0 atom stereocenters. The van der Waals surface area contributed by atoms with Crippen LogP contribution in [0.4, 0.5) is 11.4 Å². The summed E-state index contributed by atoms with van der Waals surface area (Å²) >= 11 is 0. The molecule has 0 aliphatic rings. The summed E-state index contributed by atoms with van der Waals surface area (Å²) in [5.41, 5.74) is 2.94. The summed E-state index contributed by atoms with van der Waals surface area (Å²) in [7, 11) is 0. The molecule has 1 amide bonds. The molecule has 1 aromatic heterocycles. The number of ether oxygens (including phenoxy) is 1. The Hall–Kier alpha value is -4.01. The summed E-state index contributed by atoms with van der Waals surface area (Å²) in [4.78, 5) is 34.4. The van der Waals surface area contributed by atoms with Gasteiger partial charge in [0.15, 0.2) is 6.61 Å². The number of hydrogen-bond acceptors (Lipinski definition) is 6. The minimum Gasteiger partial charge on any atom is -0.452 e. The summed E-state index contributed by atoms with van der Waals surface area (Å²) in [6, 6.07) is 12.6. The lowest BCUT2D eigenvalue weighted by Crippen LogP contribution is -2.21. The second-order valence-electron chi connectivity index (χ2n) is 6.31. The quantitative estimate of drug-likeness (QED) is 0.390. The molecule has 0 saturated carbocycles. The molecule has 0 fully saturated rings. The fraction of sp³-hybridized carbons (Fsp3) is 0.150. The third-order valence-corrected chi connectivity index (χ3v) is 4.21. The molecule has 0 spiro atoms. The van der Waals surface area contributed by atoms with Crippen molar-refractivity contribution in [1.82, 2.24) is 9.78 Å². The van der Waals surface area contributed by atoms with Gasteiger partial charge in [0.25, 0.3) is 11.6 Å². The number of rotatable bonds is 6. The molecule has 0 radical (unpaired) electrons. The average molecular weight is 394 g/mol. The van der Waals surface area contributed by atoms with Gasteiger partial charge in [0.1, 0.15) is 0 Å². The van der Waals surface area contributed by atoms with E-state index in [-0.39, 0.29) is 5.69 Å². The number of non-ortho nitro benzene ring substituents is 1. The van der Waals surface area contributed by atoms with Gasteiger partial charge in [0.2, 0.25) is 0 Å². The summed E-state index contributed by atoms with van der Waals surface area (Å²) in [5.74, 6) is -1.18. The Morgan fingerprint density at radius 1 is 1.14 bits per heavy atom. The summed E-state index contributed by atoms with van der Waals surface area (Å²) in [6.45, 7) is 3.08. The Morgan fingerprint density at radius 3 is 2.45 bits per heavy atom. The number of hydrogen-bond donors (Lipinski definition) is 1. The monoisotopic (exact) mass is 394 g/mol. The van der Waals surface area contributed by atoms with Gasteiger partial charge in [-0.25, -0.2) is 9.48 Å². The van der Waals surface area contributed by atoms with Crippen molar-refractivity contribution in [3.63, 3.8) is 0 Å². The van der Waals surface area contributed by atoms with Crippen LogP contribution in [-0.2, 0) is 9.53 Å². The highest BCUT2D eigenvalue weighted by Gasteiger charge is 2.13. The molecular weight excluding hydrogens is 376 g/mol. The molecule has 2 aromatic carbocycles. The molecule has 9 nitrogen and oxygen atoms in total. The number of amides is 1. The van der Waals surface area contributed by atoms with Gasteiger partial charge < -0.3 is 10.1 Å². The number of benzene rings is 2. The van der Waals surface area contributed by atoms with Crippen LogP contribution >= 0.6 is 0 Å². The normalized spacial score (nSPS) is 10.4. The molecule has 9 heteroatoms. The highest BCUT2D eigenvalue weighted by molar-refractivity contribution is 5.96. The lowest BCUT2D eigenvalue weighted by atomic mass is 10.2. The molecule has 0 unspecified atom stereocenters. The smallest absolute Gasteiger partial charge is 0.338 e. The number of nitro benzene ring substituents is 1. The van der Waals surface area contributed by atoms with Crippen LogP contribution in [0.15, 0.2) is 54.7 Å². The maximum absolute atomic E-state index is 12.2. The van der Waals surface area contributed by atoms with Gasteiger partial charge in [-0.1, -0.05) is 0 Å². The van der Waals surface area contributed by atoms with Crippen LogP contribution in [0.3, 0.4) is 0 Å². The standard InChI is InChI=1S/C20H18N4O5/c1-13-11-17(24(27)28)7-8-18(13)22-19(25)12-29-20(26)15-3-5-16(6-4-15)23-14(2)9-10-21-23/h3-11H,12H2,1-2H3,(H,22,25). The predicted molar refractivity (Wildman–Crippen MR) is 105 cm³/mol. The van der Waals surface area contributed by atoms with E-state index in [4.69, 9.17) is 4.74 Å². The van der Waals surface area contributed by atoms with E-state index in [0.717, 1.165) is 11.4 Å². The topological polar surface area (TPSA) is 116 Å². The van der Waals surface area contributed by atoms with Crippen LogP contribution in [-0.4, -0.2) is 33.2 Å². The first-order chi connectivity index (χ1) is 13.8. The van der Waals surface area contributed by atoms with Gasteiger partial charge in [0.05, 0.1) is 16.2 Å². The molecule has 1 heterocycles. The van der Waals surface area contributed by atoms with E-state index in [1.807, 2.05) is 13.0 Å². The lowest BCUT2D eigenvalue weighted by molar-refractivity contribution is -0.384. The number of anilines is 1. The first kappa shape index (κ1) is 19.7. The predicted octanol–water partition coefficient (Wildman–Crippen LogP) is 3.19. The Balaban J connectivity index is 1.57. The van der Waals surface area contributed by atoms with Gasteiger partial charge in [-0.2, -0.15) is 5.10 Å². The third-order valence-electron chi connectivity index (χ3n) is 4.21. The van der Waals surface area contributed by atoms with Crippen LogP contribution in [0.1, 0.15) is 21.6 Å². The molecule has 3 aromatic rings. The molecule has 148 valence electrons. The fourth-order valence-electron chi connectivity index (χ4n) is 2.68. The molecule has 1 N–H and O–H groups in total. The van der Waals surface area contributed by atoms with Crippen molar-refractivity contribution in [2.75, 3.05) is 11.9 Å². The molecule has 0 aliphatic heterocycles. The highest BCUT2D eigenvalue weighted by Crippen LogP contribution is 2.21. The second kappa shape index (κ2) is 8.34. The van der Waals surface area contributed by atoms with Crippen LogP contribution in [0, 0.1) is 24.0 Å². The Kier molecular flexibility index (Phi) is 5.68. The van der Waals surface area contributed by atoms with E-state index in [0.29, 0.717) is 16.8 Å². The minimum atomic E-state index is -0.635. The maximum atomic E-state index is 12.2. The van der Waals surface area contributed by atoms with Crippen molar-refractivity contribution in [3.05, 3.63) is 81.7 Å². The van der Waals surface area contributed by atoms with Crippen LogP contribution < -0.4 is 5.32 Å². The fourth-order valence-corrected chi connectivity index (χ4v) is 2.68. The molecule has 29 heavy (non-hydrogen) atoms. The number of nitrogens with one attached hydrogen (secondary N) is 1. The Bertz CT molecular complexity index is 1070. The van der Waals surface area contributed by atoms with Crippen molar-refractivity contribution in [1.29, 1.82) is 0 Å². The van der Waals surface area contributed by atoms with E-state index >= 15 is 0 Å². The van der Waals surface area contributed by atoms with E-state index in [2.05, 4.69) is 10.4 Å². The van der Waals surface area contributed by atoms with E-state index < -0.39 is 23.4 Å². The van der Waals surface area contributed by atoms with Crippen LogP contribution in [0.5, 0.6) is 0 Å². The van der Waals surface area contributed by atoms with Crippen molar-refractivity contribution in [2.45, 2.75) is 13.8 Å².